The van der Waals surface area contributed by atoms with E-state index in [0.717, 1.165) is 26.6 Å². The number of thiazole rings is 1. The highest BCUT2D eigenvalue weighted by Crippen LogP contribution is 2.27. The van der Waals surface area contributed by atoms with Crippen molar-refractivity contribution >= 4 is 38.2 Å². The number of carbonyl (C=O) groups is 1. The second-order valence-corrected chi connectivity index (χ2v) is 6.96. The van der Waals surface area contributed by atoms with E-state index in [4.69, 9.17) is 6.42 Å². The molecule has 0 aliphatic carbocycles. The van der Waals surface area contributed by atoms with Gasteiger partial charge < -0.3 is 4.57 Å². The molecule has 0 N–H and O–H groups in total. The monoisotopic (exact) mass is 356 g/mol. The van der Waals surface area contributed by atoms with Crippen molar-refractivity contribution < 1.29 is 4.79 Å². The van der Waals surface area contributed by atoms with Gasteiger partial charge in [0.1, 0.15) is 0 Å². The Morgan fingerprint density at radius 2 is 1.81 bits per heavy atom. The van der Waals surface area contributed by atoms with Gasteiger partial charge in [-0.2, -0.15) is 4.99 Å². The summed E-state index contributed by atoms with van der Waals surface area (Å²) in [6, 6.07) is 22.0. The fourth-order valence-corrected chi connectivity index (χ4v) is 4.23. The van der Waals surface area contributed by atoms with Crippen LogP contribution in [-0.2, 0) is 17.8 Å². The Morgan fingerprint density at radius 3 is 2.62 bits per heavy atom. The number of benzene rings is 3. The Balaban J connectivity index is 1.85. The topological polar surface area (TPSA) is 34.4 Å². The molecule has 0 aliphatic heterocycles. The summed E-state index contributed by atoms with van der Waals surface area (Å²) < 4.78 is 3.04. The van der Waals surface area contributed by atoms with Crippen LogP contribution in [0.25, 0.3) is 21.0 Å². The summed E-state index contributed by atoms with van der Waals surface area (Å²) in [7, 11) is 0. The van der Waals surface area contributed by atoms with Gasteiger partial charge >= 0.3 is 0 Å². The fourth-order valence-electron chi connectivity index (χ4n) is 3.04. The first-order valence-corrected chi connectivity index (χ1v) is 9.14. The molecule has 0 spiro atoms. The predicted octanol–water partition coefficient (Wildman–Crippen LogP) is 4.16. The third kappa shape index (κ3) is 3.05. The molecule has 0 atom stereocenters. The van der Waals surface area contributed by atoms with Crippen LogP contribution in [0.1, 0.15) is 5.56 Å². The number of nitrogens with zero attached hydrogens (tertiary/aromatic N) is 2. The summed E-state index contributed by atoms with van der Waals surface area (Å²) in [6.07, 6.45) is 5.84. The number of hydrogen-bond acceptors (Lipinski definition) is 2. The lowest BCUT2D eigenvalue weighted by molar-refractivity contribution is -0.117. The highest BCUT2D eigenvalue weighted by Gasteiger charge is 2.10. The van der Waals surface area contributed by atoms with Crippen molar-refractivity contribution in [1.29, 1.82) is 0 Å². The highest BCUT2D eigenvalue weighted by molar-refractivity contribution is 7.17. The second-order valence-electron chi connectivity index (χ2n) is 5.98. The van der Waals surface area contributed by atoms with Gasteiger partial charge in [0.05, 0.1) is 23.2 Å². The molecule has 3 aromatic carbocycles. The van der Waals surface area contributed by atoms with Crippen LogP contribution in [0, 0.1) is 12.3 Å². The van der Waals surface area contributed by atoms with Crippen molar-refractivity contribution in [3.05, 3.63) is 77.1 Å². The molecular formula is C22H16N2OS. The molecule has 4 rings (SSSR count). The van der Waals surface area contributed by atoms with Gasteiger partial charge in [0.2, 0.25) is 0 Å². The van der Waals surface area contributed by atoms with E-state index in [-0.39, 0.29) is 12.3 Å². The summed E-state index contributed by atoms with van der Waals surface area (Å²) in [5.74, 6) is 2.50. The van der Waals surface area contributed by atoms with E-state index in [0.29, 0.717) is 11.3 Å². The minimum atomic E-state index is -0.169. The maximum Gasteiger partial charge on any atom is 0.252 e. The molecule has 0 aliphatic rings. The predicted molar refractivity (Wildman–Crippen MR) is 107 cm³/mol. The van der Waals surface area contributed by atoms with Gasteiger partial charge in [-0.25, -0.2) is 0 Å². The molecule has 1 heterocycles. The Morgan fingerprint density at radius 1 is 1.04 bits per heavy atom. The number of terminal acetylenes is 1. The normalized spacial score (nSPS) is 11.7. The molecule has 1 amide bonds. The standard InChI is InChI=1S/C22H16N2OS/c1-2-14-24-19-13-12-17-10-6-7-11-18(17)21(19)26-22(24)23-20(25)15-16-8-4-3-5-9-16/h1,3-13H,14-15H2. The van der Waals surface area contributed by atoms with Crippen LogP contribution in [0.4, 0.5) is 0 Å². The van der Waals surface area contributed by atoms with Gasteiger partial charge in [0, 0.05) is 5.39 Å². The molecule has 26 heavy (non-hydrogen) atoms. The minimum Gasteiger partial charge on any atom is -0.305 e. The Labute approximate surface area is 155 Å². The van der Waals surface area contributed by atoms with Gasteiger partial charge in [-0.3, -0.25) is 4.79 Å². The van der Waals surface area contributed by atoms with Crippen molar-refractivity contribution in [3.8, 4) is 12.3 Å². The van der Waals surface area contributed by atoms with E-state index in [9.17, 15) is 4.79 Å². The zero-order chi connectivity index (χ0) is 17.9. The third-order valence-electron chi connectivity index (χ3n) is 4.24. The maximum atomic E-state index is 12.5. The van der Waals surface area contributed by atoms with Crippen LogP contribution >= 0.6 is 11.3 Å². The van der Waals surface area contributed by atoms with E-state index in [1.54, 1.807) is 0 Å². The van der Waals surface area contributed by atoms with Crippen molar-refractivity contribution in [2.24, 2.45) is 4.99 Å². The quantitative estimate of drug-likeness (QED) is 0.508. The minimum absolute atomic E-state index is 0.169. The van der Waals surface area contributed by atoms with Gasteiger partial charge in [-0.1, -0.05) is 77.9 Å². The molecule has 3 nitrogen and oxygen atoms in total. The Kier molecular flexibility index (Phi) is 4.39. The smallest absolute Gasteiger partial charge is 0.252 e. The summed E-state index contributed by atoms with van der Waals surface area (Å²) in [6.45, 7) is 0.385. The number of amides is 1. The van der Waals surface area contributed by atoms with E-state index < -0.39 is 0 Å². The molecule has 0 saturated carbocycles. The molecule has 0 unspecified atom stereocenters. The maximum absolute atomic E-state index is 12.5. The van der Waals surface area contributed by atoms with Crippen molar-refractivity contribution in [3.63, 3.8) is 0 Å². The van der Waals surface area contributed by atoms with E-state index in [1.807, 2.05) is 53.1 Å². The first kappa shape index (κ1) is 16.3. The van der Waals surface area contributed by atoms with Crippen LogP contribution in [0.15, 0.2) is 71.7 Å². The van der Waals surface area contributed by atoms with Crippen molar-refractivity contribution in [2.45, 2.75) is 13.0 Å². The molecular weight excluding hydrogens is 340 g/mol. The number of fused-ring (bicyclic) bond motifs is 3. The SMILES string of the molecule is C#CCn1c(=NC(=O)Cc2ccccc2)sc2c3ccccc3ccc21. The average molecular weight is 356 g/mol. The van der Waals surface area contributed by atoms with Crippen LogP contribution in [0.3, 0.4) is 0 Å². The molecule has 4 aromatic rings. The molecule has 0 saturated heterocycles. The lowest BCUT2D eigenvalue weighted by atomic mass is 10.1. The molecule has 4 heteroatoms. The Hall–Kier alpha value is -3.16. The van der Waals surface area contributed by atoms with Gasteiger partial charge in [0.15, 0.2) is 4.80 Å². The van der Waals surface area contributed by atoms with Gasteiger partial charge in [-0.05, 0) is 17.0 Å². The Bertz CT molecular complexity index is 1210. The van der Waals surface area contributed by atoms with Crippen LogP contribution < -0.4 is 4.80 Å². The van der Waals surface area contributed by atoms with Crippen LogP contribution in [0.2, 0.25) is 0 Å². The summed E-state index contributed by atoms with van der Waals surface area (Å²) in [5.41, 5.74) is 1.97. The number of hydrogen-bond donors (Lipinski definition) is 0. The highest BCUT2D eigenvalue weighted by atomic mass is 32.1. The van der Waals surface area contributed by atoms with E-state index >= 15 is 0 Å². The summed E-state index contributed by atoms with van der Waals surface area (Å²) in [4.78, 5) is 17.5. The van der Waals surface area contributed by atoms with Gasteiger partial charge in [0.25, 0.3) is 5.91 Å². The fraction of sp³-hybridized carbons (Fsp3) is 0.0909. The molecule has 126 valence electrons. The van der Waals surface area contributed by atoms with Crippen LogP contribution in [0.5, 0.6) is 0 Å². The largest absolute Gasteiger partial charge is 0.305 e. The zero-order valence-corrected chi connectivity index (χ0v) is 14.9. The average Bonchev–Trinajstić information content (AvgIpc) is 3.00. The van der Waals surface area contributed by atoms with Crippen molar-refractivity contribution in [2.75, 3.05) is 0 Å². The first-order valence-electron chi connectivity index (χ1n) is 8.32. The van der Waals surface area contributed by atoms with Gasteiger partial charge in [-0.15, -0.1) is 6.42 Å². The molecule has 0 bridgehead atoms. The van der Waals surface area contributed by atoms with E-state index in [1.165, 1.54) is 11.3 Å². The third-order valence-corrected chi connectivity index (χ3v) is 5.37. The summed E-state index contributed by atoms with van der Waals surface area (Å²) in [5, 5.41) is 2.31. The second kappa shape index (κ2) is 6.99. The molecule has 0 radical (unpaired) electrons. The number of carbonyl (C=O) groups excluding carboxylic acids is 1. The van der Waals surface area contributed by atoms with E-state index in [2.05, 4.69) is 29.1 Å². The zero-order valence-electron chi connectivity index (χ0n) is 14.1. The lowest BCUT2D eigenvalue weighted by Crippen LogP contribution is -2.17. The number of rotatable bonds is 3. The summed E-state index contributed by atoms with van der Waals surface area (Å²) >= 11 is 1.51. The van der Waals surface area contributed by atoms with Crippen molar-refractivity contribution in [1.82, 2.24) is 4.57 Å². The first-order chi connectivity index (χ1) is 12.8. The number of aromatic nitrogens is 1. The molecule has 1 aromatic heterocycles. The molecule has 0 fully saturated rings. The van der Waals surface area contributed by atoms with Crippen LogP contribution in [-0.4, -0.2) is 10.5 Å². The lowest BCUT2D eigenvalue weighted by Gasteiger charge is -2.02.